The Morgan fingerprint density at radius 1 is 1.19 bits per heavy atom. The van der Waals surface area contributed by atoms with E-state index in [0.717, 1.165) is 22.5 Å². The fourth-order valence-electron chi connectivity index (χ4n) is 2.37. The molecule has 0 aliphatic heterocycles. The summed E-state index contributed by atoms with van der Waals surface area (Å²) in [4.78, 5) is 13.2. The number of hydrogen-bond acceptors (Lipinski definition) is 6. The van der Waals surface area contributed by atoms with Gasteiger partial charge < -0.3 is 15.7 Å². The normalized spacial score (nSPS) is 11.8. The first-order valence-electron chi connectivity index (χ1n) is 8.25. The van der Waals surface area contributed by atoms with Gasteiger partial charge in [-0.25, -0.2) is 4.98 Å². The molecule has 0 radical (unpaired) electrons. The molecule has 2 heterocycles. The van der Waals surface area contributed by atoms with E-state index in [1.807, 2.05) is 50.2 Å². The van der Waals surface area contributed by atoms with Crippen molar-refractivity contribution < 1.29 is 5.11 Å². The number of hydrogen-bond donors (Lipinski definition) is 3. The Hall–Kier alpha value is -2.70. The number of rotatable bonds is 6. The number of anilines is 3. The number of nitrogens with one attached hydrogen (secondary N) is 2. The van der Waals surface area contributed by atoms with Crippen LogP contribution in [0.4, 0.5) is 17.5 Å². The van der Waals surface area contributed by atoms with Crippen molar-refractivity contribution in [3.63, 3.8) is 0 Å². The molecule has 0 aliphatic carbocycles. The van der Waals surface area contributed by atoms with E-state index in [-0.39, 0.29) is 12.6 Å². The molecule has 3 rings (SSSR count). The van der Waals surface area contributed by atoms with Crippen molar-refractivity contribution in [2.75, 3.05) is 17.2 Å². The molecule has 3 aromatic rings. The quantitative estimate of drug-likeness (QED) is 0.608. The van der Waals surface area contributed by atoms with E-state index in [0.29, 0.717) is 16.8 Å². The number of aliphatic hydroxyl groups excluding tert-OH is 1. The summed E-state index contributed by atoms with van der Waals surface area (Å²) in [5.74, 6) is 1.05. The molecule has 7 heteroatoms. The van der Waals surface area contributed by atoms with Gasteiger partial charge in [0.1, 0.15) is 5.82 Å². The van der Waals surface area contributed by atoms with Crippen LogP contribution in [0.25, 0.3) is 11.3 Å². The summed E-state index contributed by atoms with van der Waals surface area (Å²) in [7, 11) is 0. The predicted molar refractivity (Wildman–Crippen MR) is 105 cm³/mol. The summed E-state index contributed by atoms with van der Waals surface area (Å²) in [5, 5.41) is 16.3. The topological polar surface area (TPSA) is 83.0 Å². The van der Waals surface area contributed by atoms with Crippen LogP contribution in [0.2, 0.25) is 5.02 Å². The van der Waals surface area contributed by atoms with Crippen LogP contribution in [-0.2, 0) is 0 Å². The lowest BCUT2D eigenvalue weighted by atomic mass is 10.2. The van der Waals surface area contributed by atoms with Gasteiger partial charge in [0.2, 0.25) is 5.95 Å². The average molecular weight is 370 g/mol. The van der Waals surface area contributed by atoms with E-state index < -0.39 is 0 Å². The van der Waals surface area contributed by atoms with E-state index in [1.165, 1.54) is 0 Å². The molecule has 0 unspecified atom stereocenters. The summed E-state index contributed by atoms with van der Waals surface area (Å²) in [6.07, 6.45) is 3.46. The second kappa shape index (κ2) is 8.12. The number of pyridine rings is 1. The maximum absolute atomic E-state index is 9.30. The van der Waals surface area contributed by atoms with Crippen LogP contribution in [0.1, 0.15) is 12.5 Å². The van der Waals surface area contributed by atoms with Crippen molar-refractivity contribution in [3.8, 4) is 11.3 Å². The second-order valence-corrected chi connectivity index (χ2v) is 6.45. The highest BCUT2D eigenvalue weighted by Crippen LogP contribution is 2.26. The highest BCUT2D eigenvalue weighted by molar-refractivity contribution is 6.30. The molecule has 0 bridgehead atoms. The van der Waals surface area contributed by atoms with Gasteiger partial charge in [-0.1, -0.05) is 17.7 Å². The summed E-state index contributed by atoms with van der Waals surface area (Å²) in [6, 6.07) is 11.1. The largest absolute Gasteiger partial charge is 0.394 e. The minimum absolute atomic E-state index is 0.0172. The lowest BCUT2D eigenvalue weighted by Gasteiger charge is -2.15. The highest BCUT2D eigenvalue weighted by atomic mass is 35.5. The van der Waals surface area contributed by atoms with Crippen molar-refractivity contribution in [2.24, 2.45) is 0 Å². The molecule has 26 heavy (non-hydrogen) atoms. The summed E-state index contributed by atoms with van der Waals surface area (Å²) in [6.45, 7) is 3.83. The van der Waals surface area contributed by atoms with Gasteiger partial charge in [0, 0.05) is 40.8 Å². The Morgan fingerprint density at radius 3 is 2.77 bits per heavy atom. The van der Waals surface area contributed by atoms with Crippen LogP contribution in [0.15, 0.2) is 48.8 Å². The third-order valence-electron chi connectivity index (χ3n) is 3.80. The van der Waals surface area contributed by atoms with Gasteiger partial charge in [-0.3, -0.25) is 4.98 Å². The van der Waals surface area contributed by atoms with E-state index in [4.69, 9.17) is 11.6 Å². The van der Waals surface area contributed by atoms with Crippen LogP contribution in [0.3, 0.4) is 0 Å². The fraction of sp³-hybridized carbons (Fsp3) is 0.211. The van der Waals surface area contributed by atoms with Crippen molar-refractivity contribution in [1.82, 2.24) is 15.0 Å². The molecule has 1 aromatic carbocycles. The molecule has 2 aromatic heterocycles. The molecule has 134 valence electrons. The van der Waals surface area contributed by atoms with Gasteiger partial charge >= 0.3 is 0 Å². The van der Waals surface area contributed by atoms with Gasteiger partial charge in [-0.2, -0.15) is 4.98 Å². The molecular formula is C19H20ClN5O. The van der Waals surface area contributed by atoms with Crippen LogP contribution >= 0.6 is 11.6 Å². The number of aliphatic hydroxyl groups is 1. The zero-order valence-corrected chi connectivity index (χ0v) is 15.3. The molecule has 0 saturated carbocycles. The van der Waals surface area contributed by atoms with Gasteiger partial charge in [0.25, 0.3) is 0 Å². The average Bonchev–Trinajstić information content (AvgIpc) is 2.65. The molecule has 0 saturated heterocycles. The number of aryl methyl sites for hydroxylation is 1. The van der Waals surface area contributed by atoms with Crippen LogP contribution < -0.4 is 10.6 Å². The van der Waals surface area contributed by atoms with E-state index in [2.05, 4.69) is 25.6 Å². The van der Waals surface area contributed by atoms with Crippen molar-refractivity contribution >= 4 is 29.1 Å². The van der Waals surface area contributed by atoms with E-state index in [1.54, 1.807) is 12.4 Å². The summed E-state index contributed by atoms with van der Waals surface area (Å²) >= 11 is 6.11. The highest BCUT2D eigenvalue weighted by Gasteiger charge is 2.10. The van der Waals surface area contributed by atoms with Gasteiger partial charge in [-0.05, 0) is 43.7 Å². The molecule has 0 amide bonds. The Kier molecular flexibility index (Phi) is 5.65. The number of benzene rings is 1. The molecule has 0 fully saturated rings. The van der Waals surface area contributed by atoms with Gasteiger partial charge in [0.15, 0.2) is 0 Å². The smallest absolute Gasteiger partial charge is 0.225 e. The Labute approximate surface area is 157 Å². The third-order valence-corrected chi connectivity index (χ3v) is 4.03. The first-order chi connectivity index (χ1) is 12.5. The minimum atomic E-state index is -0.167. The monoisotopic (exact) mass is 369 g/mol. The summed E-state index contributed by atoms with van der Waals surface area (Å²) < 4.78 is 0. The van der Waals surface area contributed by atoms with Crippen molar-refractivity contribution in [3.05, 3.63) is 59.4 Å². The van der Waals surface area contributed by atoms with Gasteiger partial charge in [0.05, 0.1) is 12.3 Å². The third kappa shape index (κ3) is 4.47. The SMILES string of the molecule is Cc1ccc(Cl)cc1Nc1cc(-c2cccnc2)nc(N[C@@H](C)CO)n1. The first-order valence-corrected chi connectivity index (χ1v) is 8.63. The van der Waals surface area contributed by atoms with E-state index >= 15 is 0 Å². The van der Waals surface area contributed by atoms with E-state index in [9.17, 15) is 5.11 Å². The maximum Gasteiger partial charge on any atom is 0.225 e. The molecule has 0 aliphatic rings. The van der Waals surface area contributed by atoms with Crippen molar-refractivity contribution in [2.45, 2.75) is 19.9 Å². The molecular weight excluding hydrogens is 350 g/mol. The maximum atomic E-state index is 9.30. The molecule has 0 spiro atoms. The Bertz CT molecular complexity index is 888. The predicted octanol–water partition coefficient (Wildman–Crippen LogP) is 4.04. The zero-order chi connectivity index (χ0) is 18.5. The van der Waals surface area contributed by atoms with Crippen LogP contribution in [0.5, 0.6) is 0 Å². The fourth-order valence-corrected chi connectivity index (χ4v) is 2.54. The summed E-state index contributed by atoms with van der Waals surface area (Å²) in [5.41, 5.74) is 3.52. The molecule has 1 atom stereocenters. The lowest BCUT2D eigenvalue weighted by molar-refractivity contribution is 0.281. The zero-order valence-electron chi connectivity index (χ0n) is 14.6. The number of aromatic nitrogens is 3. The molecule has 6 nitrogen and oxygen atoms in total. The first kappa shape index (κ1) is 18.1. The minimum Gasteiger partial charge on any atom is -0.394 e. The lowest BCUT2D eigenvalue weighted by Crippen LogP contribution is -2.21. The van der Waals surface area contributed by atoms with Gasteiger partial charge in [-0.15, -0.1) is 0 Å². The molecule has 3 N–H and O–H groups in total. The van der Waals surface area contributed by atoms with Crippen LogP contribution in [-0.4, -0.2) is 32.7 Å². The number of halogens is 1. The van der Waals surface area contributed by atoms with Crippen LogP contribution in [0, 0.1) is 6.92 Å². The Morgan fingerprint density at radius 2 is 2.04 bits per heavy atom. The van der Waals surface area contributed by atoms with Crippen molar-refractivity contribution in [1.29, 1.82) is 0 Å². The second-order valence-electron chi connectivity index (χ2n) is 6.02. The Balaban J connectivity index is 2.00. The standard InChI is InChI=1S/C19H20ClN5O/c1-12-5-6-15(20)8-16(12)23-18-9-17(14-4-3-7-21-10-14)24-19(25-18)22-13(2)11-26/h3-10,13,26H,11H2,1-2H3,(H2,22,23,24,25)/t13-/m0/s1. The number of nitrogens with zero attached hydrogens (tertiary/aromatic N) is 3.